The van der Waals surface area contributed by atoms with Crippen LogP contribution in [0.1, 0.15) is 32.1 Å². The predicted molar refractivity (Wildman–Crippen MR) is 93.1 cm³/mol. The third kappa shape index (κ3) is 2.79. The molecule has 0 radical (unpaired) electrons. The van der Waals surface area contributed by atoms with Crippen LogP contribution in [0, 0.1) is 17.8 Å². The molecule has 7 nitrogen and oxygen atoms in total. The molecule has 0 amide bonds. The van der Waals surface area contributed by atoms with Crippen molar-refractivity contribution in [2.45, 2.75) is 50.8 Å². The first-order valence-electron chi connectivity index (χ1n) is 9.46. The molecule has 0 bridgehead atoms. The number of aliphatic hydroxyl groups excluding tert-OH is 2. The average molecular weight is 343 g/mol. The summed E-state index contributed by atoms with van der Waals surface area (Å²) in [5.41, 5.74) is 1.55. The fourth-order valence-corrected chi connectivity index (χ4v) is 4.48. The highest BCUT2D eigenvalue weighted by atomic mass is 16.3. The lowest BCUT2D eigenvalue weighted by Gasteiger charge is -2.25. The summed E-state index contributed by atoms with van der Waals surface area (Å²) in [5.74, 6) is 3.48. The molecule has 2 aromatic heterocycles. The van der Waals surface area contributed by atoms with Gasteiger partial charge in [-0.3, -0.25) is 0 Å². The lowest BCUT2D eigenvalue weighted by atomic mass is 9.98. The molecule has 0 unspecified atom stereocenters. The summed E-state index contributed by atoms with van der Waals surface area (Å²) in [6.07, 6.45) is 9.25. The summed E-state index contributed by atoms with van der Waals surface area (Å²) in [5, 5.41) is 18.8. The molecule has 2 aliphatic carbocycles. The Morgan fingerprint density at radius 1 is 1.08 bits per heavy atom. The van der Waals surface area contributed by atoms with Crippen LogP contribution in [0.5, 0.6) is 0 Å². The van der Waals surface area contributed by atoms with Gasteiger partial charge in [0, 0.05) is 12.6 Å². The van der Waals surface area contributed by atoms with Crippen molar-refractivity contribution in [2.75, 3.05) is 18.1 Å². The average Bonchev–Trinajstić information content (AvgIpc) is 3.57. The number of hydrogen-bond donors (Lipinski definition) is 2. The number of aliphatic hydroxyl groups is 2. The second-order valence-corrected chi connectivity index (χ2v) is 7.99. The highest BCUT2D eigenvalue weighted by Gasteiger charge is 2.47. The van der Waals surface area contributed by atoms with E-state index in [1.807, 2.05) is 4.57 Å². The Morgan fingerprint density at radius 3 is 2.60 bits per heavy atom. The third-order valence-electron chi connectivity index (χ3n) is 6.10. The first-order valence-corrected chi connectivity index (χ1v) is 9.46. The highest BCUT2D eigenvalue weighted by Crippen LogP contribution is 2.49. The van der Waals surface area contributed by atoms with Gasteiger partial charge >= 0.3 is 0 Å². The Morgan fingerprint density at radius 2 is 1.88 bits per heavy atom. The Labute approximate surface area is 146 Å². The monoisotopic (exact) mass is 343 g/mol. The molecule has 0 spiro atoms. The van der Waals surface area contributed by atoms with E-state index >= 15 is 0 Å². The zero-order chi connectivity index (χ0) is 17.0. The van der Waals surface area contributed by atoms with Crippen LogP contribution < -0.4 is 4.90 Å². The van der Waals surface area contributed by atoms with Gasteiger partial charge in [-0.1, -0.05) is 0 Å². The molecule has 25 heavy (non-hydrogen) atoms. The molecule has 3 heterocycles. The van der Waals surface area contributed by atoms with Crippen LogP contribution in [0.4, 0.5) is 5.82 Å². The maximum absolute atomic E-state index is 9.74. The number of aromatic nitrogens is 4. The number of fused-ring (bicyclic) bond motifs is 1. The van der Waals surface area contributed by atoms with Gasteiger partial charge in [0.05, 0.1) is 25.6 Å². The normalized spacial score (nSPS) is 28.0. The van der Waals surface area contributed by atoms with E-state index in [-0.39, 0.29) is 6.61 Å². The van der Waals surface area contributed by atoms with Gasteiger partial charge in [-0.2, -0.15) is 0 Å². The van der Waals surface area contributed by atoms with E-state index in [0.717, 1.165) is 41.3 Å². The minimum atomic E-state index is -0.805. The smallest absolute Gasteiger partial charge is 0.165 e. The molecular formula is C18H25N5O2. The summed E-state index contributed by atoms with van der Waals surface area (Å²) in [6, 6.07) is 0.594. The van der Waals surface area contributed by atoms with E-state index in [2.05, 4.69) is 19.9 Å². The largest absolute Gasteiger partial charge is 0.394 e. The minimum Gasteiger partial charge on any atom is -0.394 e. The molecule has 7 heteroatoms. The van der Waals surface area contributed by atoms with Crippen molar-refractivity contribution in [3.63, 3.8) is 0 Å². The number of imidazole rings is 1. The van der Waals surface area contributed by atoms with E-state index in [0.29, 0.717) is 12.6 Å². The predicted octanol–water partition coefficient (Wildman–Crippen LogP) is 1.19. The van der Waals surface area contributed by atoms with Gasteiger partial charge in [-0.15, -0.1) is 0 Å². The van der Waals surface area contributed by atoms with Crippen LogP contribution >= 0.6 is 0 Å². The molecule has 134 valence electrons. The van der Waals surface area contributed by atoms with Crippen molar-refractivity contribution in [3.8, 4) is 0 Å². The summed E-state index contributed by atoms with van der Waals surface area (Å²) in [7, 11) is 0. The fraction of sp³-hybridized carbons (Fsp3) is 0.722. The number of rotatable bonds is 6. The first-order chi connectivity index (χ1) is 12.2. The molecule has 1 aliphatic heterocycles. The van der Waals surface area contributed by atoms with Crippen LogP contribution in [0.2, 0.25) is 0 Å². The maximum Gasteiger partial charge on any atom is 0.165 e. The minimum absolute atomic E-state index is 0.267. The van der Waals surface area contributed by atoms with Crippen molar-refractivity contribution in [3.05, 3.63) is 12.7 Å². The second-order valence-electron chi connectivity index (χ2n) is 7.99. The topological polar surface area (TPSA) is 87.3 Å². The van der Waals surface area contributed by atoms with Gasteiger partial charge in [-0.05, 0) is 49.9 Å². The fourth-order valence-electron chi connectivity index (χ4n) is 4.48. The van der Waals surface area contributed by atoms with Crippen molar-refractivity contribution >= 4 is 17.0 Å². The van der Waals surface area contributed by atoms with Gasteiger partial charge in [0.15, 0.2) is 17.0 Å². The summed E-state index contributed by atoms with van der Waals surface area (Å²) < 4.78 is 1.81. The van der Waals surface area contributed by atoms with Gasteiger partial charge in [-0.25, -0.2) is 15.0 Å². The number of nitrogens with zero attached hydrogens (tertiary/aromatic N) is 5. The molecule has 5 rings (SSSR count). The maximum atomic E-state index is 9.74. The first kappa shape index (κ1) is 15.5. The SMILES string of the molecule is OC[C@@H](O)Cn1cnc2c(N3C[C@H](C4CC4)C[C@@H]3C3CC3)ncnc21. The van der Waals surface area contributed by atoms with Gasteiger partial charge in [0.1, 0.15) is 6.33 Å². The molecular weight excluding hydrogens is 318 g/mol. The summed E-state index contributed by atoms with van der Waals surface area (Å²) in [6.45, 7) is 1.11. The zero-order valence-electron chi connectivity index (χ0n) is 14.3. The van der Waals surface area contributed by atoms with Gasteiger partial charge in [0.25, 0.3) is 0 Å². The molecule has 1 saturated heterocycles. The molecule has 3 aliphatic rings. The highest BCUT2D eigenvalue weighted by molar-refractivity contribution is 5.83. The van der Waals surface area contributed by atoms with Gasteiger partial charge in [0.2, 0.25) is 0 Å². The van der Waals surface area contributed by atoms with Crippen LogP contribution in [0.15, 0.2) is 12.7 Å². The van der Waals surface area contributed by atoms with E-state index in [1.54, 1.807) is 12.7 Å². The molecule has 3 atom stereocenters. The van der Waals surface area contributed by atoms with E-state index in [4.69, 9.17) is 5.11 Å². The van der Waals surface area contributed by atoms with Crippen molar-refractivity contribution in [1.29, 1.82) is 0 Å². The lowest BCUT2D eigenvalue weighted by molar-refractivity contribution is 0.0820. The molecule has 2 aromatic rings. The lowest BCUT2D eigenvalue weighted by Crippen LogP contribution is -2.32. The Hall–Kier alpha value is -1.73. The van der Waals surface area contributed by atoms with Crippen LogP contribution in [-0.2, 0) is 6.54 Å². The molecule has 0 aromatic carbocycles. The van der Waals surface area contributed by atoms with Crippen LogP contribution in [0.3, 0.4) is 0 Å². The zero-order valence-corrected chi connectivity index (χ0v) is 14.3. The van der Waals surface area contributed by atoms with E-state index in [9.17, 15) is 5.11 Å². The Bertz CT molecular complexity index is 770. The Kier molecular flexibility index (Phi) is 3.67. The van der Waals surface area contributed by atoms with E-state index < -0.39 is 6.10 Å². The van der Waals surface area contributed by atoms with Crippen LogP contribution in [0.25, 0.3) is 11.2 Å². The van der Waals surface area contributed by atoms with Crippen LogP contribution in [-0.4, -0.2) is 55.0 Å². The summed E-state index contributed by atoms with van der Waals surface area (Å²) in [4.78, 5) is 16.0. The van der Waals surface area contributed by atoms with Gasteiger partial charge < -0.3 is 19.7 Å². The molecule has 2 N–H and O–H groups in total. The third-order valence-corrected chi connectivity index (χ3v) is 6.10. The standard InChI is InChI=1S/C18H25N5O2/c24-8-14(25)7-22-10-21-16-17(22)19-9-20-18(16)23-6-13(11-1-2-11)5-15(23)12-3-4-12/h9-15,24-25H,1-8H2/t13-,14+,15-/m1/s1. The summed E-state index contributed by atoms with van der Waals surface area (Å²) >= 11 is 0. The molecule has 3 fully saturated rings. The second kappa shape index (κ2) is 5.92. The van der Waals surface area contributed by atoms with Crippen molar-refractivity contribution < 1.29 is 10.2 Å². The number of hydrogen-bond acceptors (Lipinski definition) is 6. The van der Waals surface area contributed by atoms with Crippen molar-refractivity contribution in [2.24, 2.45) is 17.8 Å². The van der Waals surface area contributed by atoms with Crippen molar-refractivity contribution in [1.82, 2.24) is 19.5 Å². The number of anilines is 1. The quantitative estimate of drug-likeness (QED) is 0.819. The Balaban J connectivity index is 1.49. The molecule has 2 saturated carbocycles. The van der Waals surface area contributed by atoms with E-state index in [1.165, 1.54) is 32.1 Å².